The monoisotopic (exact) mass is 226 g/mol. The first-order valence-electron chi connectivity index (χ1n) is 6.41. The molecule has 4 heteroatoms. The number of carbonyl (C=O) groups is 1. The van der Waals surface area contributed by atoms with E-state index in [1.165, 1.54) is 25.8 Å². The molecule has 0 aromatic carbocycles. The summed E-state index contributed by atoms with van der Waals surface area (Å²) in [6.45, 7) is 6.85. The van der Waals surface area contributed by atoms with E-state index in [1.807, 2.05) is 11.8 Å². The molecule has 0 saturated carbocycles. The van der Waals surface area contributed by atoms with E-state index in [0.29, 0.717) is 12.6 Å². The highest BCUT2D eigenvalue weighted by Gasteiger charge is 2.30. The molecule has 2 heterocycles. The number of fused-ring (bicyclic) bond motifs is 1. The van der Waals surface area contributed by atoms with Crippen LogP contribution >= 0.6 is 0 Å². The minimum Gasteiger partial charge on any atom is -0.372 e. The van der Waals surface area contributed by atoms with Gasteiger partial charge in [0.25, 0.3) is 0 Å². The number of carbonyl (C=O) groups excluding carboxylic acids is 1. The minimum atomic E-state index is 0.159. The maximum Gasteiger partial charge on any atom is 0.248 e. The highest BCUT2D eigenvalue weighted by Crippen LogP contribution is 2.20. The molecule has 0 radical (unpaired) electrons. The second kappa shape index (κ2) is 5.64. The number of amides is 1. The largest absolute Gasteiger partial charge is 0.372 e. The van der Waals surface area contributed by atoms with Crippen LogP contribution in [0.15, 0.2) is 0 Å². The first kappa shape index (κ1) is 11.9. The number of piperidine rings is 1. The molecule has 0 N–H and O–H groups in total. The van der Waals surface area contributed by atoms with Gasteiger partial charge in [-0.1, -0.05) is 6.42 Å². The first-order valence-corrected chi connectivity index (χ1v) is 6.41. The van der Waals surface area contributed by atoms with Gasteiger partial charge in [-0.15, -0.1) is 0 Å². The van der Waals surface area contributed by atoms with Gasteiger partial charge in [0, 0.05) is 32.3 Å². The summed E-state index contributed by atoms with van der Waals surface area (Å²) in [6.07, 6.45) is 3.89. The standard InChI is InChI=1S/C12H22N2O2/c1-2-16-10-12(15)14-8-7-13-6-4-3-5-11(13)9-14/h11H,2-10H2,1H3. The fraction of sp³-hybridized carbons (Fsp3) is 0.917. The molecule has 2 saturated heterocycles. The Bertz CT molecular complexity index is 245. The predicted octanol–water partition coefficient (Wildman–Crippen LogP) is 0.720. The van der Waals surface area contributed by atoms with E-state index >= 15 is 0 Å². The Morgan fingerprint density at radius 2 is 2.19 bits per heavy atom. The molecular weight excluding hydrogens is 204 g/mol. The van der Waals surface area contributed by atoms with Gasteiger partial charge in [-0.05, 0) is 26.3 Å². The molecule has 2 fully saturated rings. The number of rotatable bonds is 3. The van der Waals surface area contributed by atoms with Gasteiger partial charge in [-0.3, -0.25) is 9.69 Å². The third kappa shape index (κ3) is 2.74. The molecule has 2 aliphatic heterocycles. The van der Waals surface area contributed by atoms with Gasteiger partial charge in [0.1, 0.15) is 6.61 Å². The van der Waals surface area contributed by atoms with Gasteiger partial charge in [-0.25, -0.2) is 0 Å². The lowest BCUT2D eigenvalue weighted by atomic mass is 9.99. The smallest absolute Gasteiger partial charge is 0.248 e. The van der Waals surface area contributed by atoms with Crippen molar-refractivity contribution in [2.75, 3.05) is 39.4 Å². The lowest BCUT2D eigenvalue weighted by molar-refractivity contribution is -0.139. The molecule has 1 unspecified atom stereocenters. The van der Waals surface area contributed by atoms with Crippen molar-refractivity contribution in [1.82, 2.24) is 9.80 Å². The number of hydrogen-bond acceptors (Lipinski definition) is 3. The molecule has 16 heavy (non-hydrogen) atoms. The van der Waals surface area contributed by atoms with Crippen molar-refractivity contribution in [3.8, 4) is 0 Å². The van der Waals surface area contributed by atoms with Crippen molar-refractivity contribution < 1.29 is 9.53 Å². The van der Waals surface area contributed by atoms with Gasteiger partial charge in [-0.2, -0.15) is 0 Å². The zero-order valence-corrected chi connectivity index (χ0v) is 10.2. The molecular formula is C12H22N2O2. The molecule has 0 aromatic heterocycles. The van der Waals surface area contributed by atoms with Crippen LogP contribution in [0, 0.1) is 0 Å². The van der Waals surface area contributed by atoms with E-state index in [9.17, 15) is 4.79 Å². The summed E-state index contributed by atoms with van der Waals surface area (Å²) >= 11 is 0. The summed E-state index contributed by atoms with van der Waals surface area (Å²) in [4.78, 5) is 16.3. The van der Waals surface area contributed by atoms with E-state index in [2.05, 4.69) is 4.90 Å². The summed E-state index contributed by atoms with van der Waals surface area (Å²) in [6, 6.07) is 0.605. The molecule has 2 aliphatic rings. The minimum absolute atomic E-state index is 0.159. The van der Waals surface area contributed by atoms with Crippen LogP contribution in [0.3, 0.4) is 0 Å². The van der Waals surface area contributed by atoms with Crippen LogP contribution in [0.25, 0.3) is 0 Å². The van der Waals surface area contributed by atoms with Crippen LogP contribution in [-0.4, -0.2) is 61.1 Å². The Balaban J connectivity index is 1.82. The van der Waals surface area contributed by atoms with E-state index < -0.39 is 0 Å². The predicted molar refractivity (Wildman–Crippen MR) is 62.3 cm³/mol. The van der Waals surface area contributed by atoms with Crippen molar-refractivity contribution in [1.29, 1.82) is 0 Å². The summed E-state index contributed by atoms with van der Waals surface area (Å²) < 4.78 is 5.18. The summed E-state index contributed by atoms with van der Waals surface area (Å²) in [7, 11) is 0. The van der Waals surface area contributed by atoms with Crippen LogP contribution in [0.2, 0.25) is 0 Å². The van der Waals surface area contributed by atoms with Gasteiger partial charge < -0.3 is 9.64 Å². The molecule has 0 aromatic rings. The normalized spacial score (nSPS) is 26.6. The summed E-state index contributed by atoms with van der Waals surface area (Å²) in [5.74, 6) is 0.159. The fourth-order valence-electron chi connectivity index (χ4n) is 2.66. The number of nitrogens with zero attached hydrogens (tertiary/aromatic N) is 2. The third-order valence-electron chi connectivity index (χ3n) is 3.62. The highest BCUT2D eigenvalue weighted by molar-refractivity contribution is 5.77. The first-order chi connectivity index (χ1) is 7.81. The van der Waals surface area contributed by atoms with Crippen LogP contribution in [0.1, 0.15) is 26.2 Å². The second-order valence-electron chi connectivity index (χ2n) is 4.66. The molecule has 2 rings (SSSR count). The van der Waals surface area contributed by atoms with Crippen LogP contribution in [-0.2, 0) is 9.53 Å². The van der Waals surface area contributed by atoms with Crippen molar-refractivity contribution in [2.45, 2.75) is 32.2 Å². The van der Waals surface area contributed by atoms with Crippen LogP contribution < -0.4 is 0 Å². The Hall–Kier alpha value is -0.610. The maximum absolute atomic E-state index is 11.8. The molecule has 4 nitrogen and oxygen atoms in total. The molecule has 92 valence electrons. The average molecular weight is 226 g/mol. The third-order valence-corrected chi connectivity index (χ3v) is 3.62. The molecule has 0 bridgehead atoms. The molecule has 1 atom stereocenters. The SMILES string of the molecule is CCOCC(=O)N1CCN2CCCCC2C1. The zero-order chi connectivity index (χ0) is 11.4. The Labute approximate surface area is 97.5 Å². The summed E-state index contributed by atoms with van der Waals surface area (Å²) in [5.41, 5.74) is 0. The number of piperazine rings is 1. The van der Waals surface area contributed by atoms with E-state index in [4.69, 9.17) is 4.74 Å². The van der Waals surface area contributed by atoms with Gasteiger partial charge >= 0.3 is 0 Å². The zero-order valence-electron chi connectivity index (χ0n) is 10.2. The van der Waals surface area contributed by atoms with Gasteiger partial charge in [0.05, 0.1) is 0 Å². The Morgan fingerprint density at radius 1 is 1.31 bits per heavy atom. The Morgan fingerprint density at radius 3 is 3.00 bits per heavy atom. The van der Waals surface area contributed by atoms with Gasteiger partial charge in [0.15, 0.2) is 0 Å². The van der Waals surface area contributed by atoms with E-state index in [0.717, 1.165) is 19.6 Å². The van der Waals surface area contributed by atoms with E-state index in [1.54, 1.807) is 0 Å². The van der Waals surface area contributed by atoms with Crippen molar-refractivity contribution in [3.05, 3.63) is 0 Å². The quantitative estimate of drug-likeness (QED) is 0.711. The average Bonchev–Trinajstić information content (AvgIpc) is 2.35. The molecule has 0 aliphatic carbocycles. The lowest BCUT2D eigenvalue weighted by Crippen LogP contribution is -2.56. The Kier molecular flexibility index (Phi) is 4.18. The van der Waals surface area contributed by atoms with Crippen molar-refractivity contribution >= 4 is 5.91 Å². The van der Waals surface area contributed by atoms with Crippen molar-refractivity contribution in [2.24, 2.45) is 0 Å². The van der Waals surface area contributed by atoms with Crippen LogP contribution in [0.4, 0.5) is 0 Å². The highest BCUT2D eigenvalue weighted by atomic mass is 16.5. The maximum atomic E-state index is 11.8. The van der Waals surface area contributed by atoms with Crippen molar-refractivity contribution in [3.63, 3.8) is 0 Å². The topological polar surface area (TPSA) is 32.8 Å². The van der Waals surface area contributed by atoms with Crippen LogP contribution in [0.5, 0.6) is 0 Å². The fourth-order valence-corrected chi connectivity index (χ4v) is 2.66. The summed E-state index contributed by atoms with van der Waals surface area (Å²) in [5, 5.41) is 0. The van der Waals surface area contributed by atoms with E-state index in [-0.39, 0.29) is 12.5 Å². The lowest BCUT2D eigenvalue weighted by Gasteiger charge is -2.44. The second-order valence-corrected chi connectivity index (χ2v) is 4.66. The molecule has 0 spiro atoms. The number of ether oxygens (including phenoxy) is 1. The molecule has 1 amide bonds. The van der Waals surface area contributed by atoms with Gasteiger partial charge in [0.2, 0.25) is 5.91 Å². The number of hydrogen-bond donors (Lipinski definition) is 0.